The lowest BCUT2D eigenvalue weighted by Gasteiger charge is -2.16. The summed E-state index contributed by atoms with van der Waals surface area (Å²) in [5.74, 6) is -0.128. The second-order valence-corrected chi connectivity index (χ2v) is 5.23. The molecule has 15 heavy (non-hydrogen) atoms. The molecule has 0 radical (unpaired) electrons. The van der Waals surface area contributed by atoms with Crippen LogP contribution in [0.2, 0.25) is 0 Å². The molecule has 4 nitrogen and oxygen atoms in total. The predicted octanol–water partition coefficient (Wildman–Crippen LogP) is 1.55. The Kier molecular flexibility index (Phi) is 3.27. The van der Waals surface area contributed by atoms with Gasteiger partial charge in [0.1, 0.15) is 0 Å². The Bertz CT molecular complexity index is 337. The van der Waals surface area contributed by atoms with Gasteiger partial charge in [0.05, 0.1) is 13.6 Å². The zero-order valence-corrected chi connectivity index (χ0v) is 9.99. The summed E-state index contributed by atoms with van der Waals surface area (Å²) in [5, 5.41) is 18.9. The van der Waals surface area contributed by atoms with E-state index in [0.717, 1.165) is 19.4 Å². The summed E-state index contributed by atoms with van der Waals surface area (Å²) in [6.45, 7) is 7.32. The Morgan fingerprint density at radius 1 is 1.33 bits per heavy atom. The van der Waals surface area contributed by atoms with E-state index < -0.39 is 0 Å². The molecule has 1 heterocycles. The van der Waals surface area contributed by atoms with Crippen molar-refractivity contribution in [3.8, 4) is 11.8 Å². The molecular weight excluding hydrogens is 192 g/mol. The van der Waals surface area contributed by atoms with Crippen molar-refractivity contribution in [2.45, 2.75) is 40.2 Å². The van der Waals surface area contributed by atoms with Crippen LogP contribution < -0.4 is 4.57 Å². The molecule has 0 atom stereocenters. The highest BCUT2D eigenvalue weighted by Crippen LogP contribution is 2.24. The molecule has 86 valence electrons. The average molecular weight is 213 g/mol. The molecule has 0 aliphatic heterocycles. The van der Waals surface area contributed by atoms with Crippen LogP contribution in [0, 0.1) is 5.41 Å². The van der Waals surface area contributed by atoms with Crippen LogP contribution in [0.4, 0.5) is 0 Å². The van der Waals surface area contributed by atoms with Crippen LogP contribution in [0.15, 0.2) is 6.33 Å². The standard InChI is InChI=1S/C11H20N2O2/c1-11(2,3)6-5-7-13-8-12(4)9(14)10(13)15/h8H,5-7H2,1-4H3,(H-,14,15)/p+1. The fourth-order valence-electron chi connectivity index (χ4n) is 1.55. The molecule has 0 saturated carbocycles. The van der Waals surface area contributed by atoms with Gasteiger partial charge in [-0.05, 0) is 18.3 Å². The maximum absolute atomic E-state index is 9.54. The van der Waals surface area contributed by atoms with Gasteiger partial charge >= 0.3 is 11.8 Å². The topological polar surface area (TPSA) is 49.3 Å². The molecule has 0 aromatic carbocycles. The quantitative estimate of drug-likeness (QED) is 0.748. The third-order valence-electron chi connectivity index (χ3n) is 2.44. The van der Waals surface area contributed by atoms with Gasteiger partial charge < -0.3 is 10.2 Å². The number of rotatable bonds is 3. The molecule has 1 rings (SSSR count). The number of aromatic hydroxyl groups is 2. The minimum Gasteiger partial charge on any atom is -0.472 e. The Morgan fingerprint density at radius 3 is 2.33 bits per heavy atom. The fraction of sp³-hybridized carbons (Fsp3) is 0.727. The minimum absolute atomic E-state index is 0.0496. The summed E-state index contributed by atoms with van der Waals surface area (Å²) >= 11 is 0. The molecule has 2 N–H and O–H groups in total. The maximum atomic E-state index is 9.54. The van der Waals surface area contributed by atoms with Crippen molar-refractivity contribution >= 4 is 0 Å². The van der Waals surface area contributed by atoms with Gasteiger partial charge in [0, 0.05) is 0 Å². The SMILES string of the molecule is C[n+]1cn(CCCC(C)(C)C)c(O)c1O. The molecule has 0 aliphatic carbocycles. The fourth-order valence-corrected chi connectivity index (χ4v) is 1.55. The van der Waals surface area contributed by atoms with Crippen LogP contribution in [0.5, 0.6) is 11.8 Å². The Morgan fingerprint density at radius 2 is 1.93 bits per heavy atom. The molecule has 0 aliphatic rings. The molecule has 4 heteroatoms. The highest BCUT2D eigenvalue weighted by molar-refractivity contribution is 5.17. The Balaban J connectivity index is 2.55. The number of aryl methyl sites for hydroxylation is 2. The zero-order chi connectivity index (χ0) is 11.6. The lowest BCUT2D eigenvalue weighted by molar-refractivity contribution is -0.677. The smallest absolute Gasteiger partial charge is 0.369 e. The summed E-state index contributed by atoms with van der Waals surface area (Å²) in [6, 6.07) is 0. The van der Waals surface area contributed by atoms with Crippen LogP contribution >= 0.6 is 0 Å². The van der Waals surface area contributed by atoms with Gasteiger partial charge in [0.15, 0.2) is 0 Å². The van der Waals surface area contributed by atoms with Gasteiger partial charge in [-0.15, -0.1) is 0 Å². The number of nitrogens with zero attached hydrogens (tertiary/aromatic N) is 2. The van der Waals surface area contributed by atoms with Gasteiger partial charge in [-0.25, -0.2) is 0 Å². The summed E-state index contributed by atoms with van der Waals surface area (Å²) in [5.41, 5.74) is 0.313. The summed E-state index contributed by atoms with van der Waals surface area (Å²) in [7, 11) is 1.70. The van der Waals surface area contributed by atoms with E-state index >= 15 is 0 Å². The first kappa shape index (κ1) is 11.9. The van der Waals surface area contributed by atoms with Crippen LogP contribution in [-0.4, -0.2) is 14.8 Å². The third-order valence-corrected chi connectivity index (χ3v) is 2.44. The van der Waals surface area contributed by atoms with E-state index in [1.807, 2.05) is 0 Å². The minimum atomic E-state index is -0.0780. The van der Waals surface area contributed by atoms with Gasteiger partial charge in [-0.1, -0.05) is 20.8 Å². The highest BCUT2D eigenvalue weighted by Gasteiger charge is 2.20. The lowest BCUT2D eigenvalue weighted by Crippen LogP contribution is -2.24. The van der Waals surface area contributed by atoms with E-state index in [0.29, 0.717) is 5.41 Å². The Labute approximate surface area is 90.8 Å². The lowest BCUT2D eigenvalue weighted by atomic mass is 9.91. The monoisotopic (exact) mass is 213 g/mol. The molecular formula is C11H21N2O2+. The van der Waals surface area contributed by atoms with Gasteiger partial charge in [-0.3, -0.25) is 0 Å². The number of aromatic nitrogens is 2. The molecule has 0 spiro atoms. The largest absolute Gasteiger partial charge is 0.472 e. The van der Waals surface area contributed by atoms with Gasteiger partial charge in [-0.2, -0.15) is 9.13 Å². The number of hydrogen-bond donors (Lipinski definition) is 2. The number of imidazole rings is 1. The molecule has 1 aromatic heterocycles. The van der Waals surface area contributed by atoms with E-state index in [4.69, 9.17) is 0 Å². The van der Waals surface area contributed by atoms with E-state index in [1.54, 1.807) is 17.9 Å². The van der Waals surface area contributed by atoms with Crippen LogP contribution in [-0.2, 0) is 13.6 Å². The molecule has 1 aromatic rings. The van der Waals surface area contributed by atoms with Crippen molar-refractivity contribution in [2.24, 2.45) is 12.5 Å². The van der Waals surface area contributed by atoms with Crippen molar-refractivity contribution in [1.29, 1.82) is 0 Å². The van der Waals surface area contributed by atoms with E-state index in [-0.39, 0.29) is 11.8 Å². The maximum Gasteiger partial charge on any atom is 0.369 e. The first-order valence-electron chi connectivity index (χ1n) is 5.28. The number of hydrogen-bond acceptors (Lipinski definition) is 2. The first-order valence-corrected chi connectivity index (χ1v) is 5.28. The van der Waals surface area contributed by atoms with E-state index in [2.05, 4.69) is 20.8 Å². The third kappa shape index (κ3) is 3.15. The molecule has 0 saturated heterocycles. The summed E-state index contributed by atoms with van der Waals surface area (Å²) in [4.78, 5) is 0. The van der Waals surface area contributed by atoms with Crippen LogP contribution in [0.1, 0.15) is 33.6 Å². The first-order chi connectivity index (χ1) is 6.81. The van der Waals surface area contributed by atoms with Crippen LogP contribution in [0.25, 0.3) is 0 Å². The van der Waals surface area contributed by atoms with Crippen molar-refractivity contribution in [3.63, 3.8) is 0 Å². The normalized spacial score (nSPS) is 12.0. The Hall–Kier alpha value is -1.19. The zero-order valence-electron chi connectivity index (χ0n) is 9.99. The average Bonchev–Trinajstić information content (AvgIpc) is 2.32. The summed E-state index contributed by atoms with van der Waals surface area (Å²) in [6.07, 6.45) is 3.79. The van der Waals surface area contributed by atoms with Crippen molar-refractivity contribution in [1.82, 2.24) is 4.57 Å². The molecule has 0 amide bonds. The molecule has 0 fully saturated rings. The second kappa shape index (κ2) is 4.13. The molecule has 0 unspecified atom stereocenters. The van der Waals surface area contributed by atoms with Crippen molar-refractivity contribution in [3.05, 3.63) is 6.33 Å². The highest BCUT2D eigenvalue weighted by atomic mass is 16.3. The second-order valence-electron chi connectivity index (χ2n) is 5.23. The van der Waals surface area contributed by atoms with Crippen molar-refractivity contribution < 1.29 is 14.8 Å². The van der Waals surface area contributed by atoms with Crippen molar-refractivity contribution in [2.75, 3.05) is 0 Å². The van der Waals surface area contributed by atoms with Gasteiger partial charge in [0.2, 0.25) is 6.33 Å². The van der Waals surface area contributed by atoms with Gasteiger partial charge in [0.25, 0.3) is 0 Å². The predicted molar refractivity (Wildman–Crippen MR) is 57.6 cm³/mol. The van der Waals surface area contributed by atoms with E-state index in [1.165, 1.54) is 4.57 Å². The molecule has 0 bridgehead atoms. The van der Waals surface area contributed by atoms with Crippen LogP contribution in [0.3, 0.4) is 0 Å². The summed E-state index contributed by atoms with van der Waals surface area (Å²) < 4.78 is 3.17. The van der Waals surface area contributed by atoms with E-state index in [9.17, 15) is 10.2 Å².